The maximum Gasteiger partial charge on any atom is 0.0462 e. The van der Waals surface area contributed by atoms with Gasteiger partial charge in [-0.15, -0.1) is 0 Å². The highest BCUT2D eigenvalue weighted by atomic mass is 16.5. The zero-order valence-electron chi connectivity index (χ0n) is 11.8. The van der Waals surface area contributed by atoms with Crippen molar-refractivity contribution in [2.24, 2.45) is 0 Å². The Morgan fingerprint density at radius 3 is 2.37 bits per heavy atom. The van der Waals surface area contributed by atoms with Gasteiger partial charge in [0.1, 0.15) is 0 Å². The lowest BCUT2D eigenvalue weighted by Crippen LogP contribution is -2.46. The molecule has 0 atom stereocenters. The van der Waals surface area contributed by atoms with Gasteiger partial charge in [-0.1, -0.05) is 0 Å². The average Bonchev–Trinajstić information content (AvgIpc) is 2.45. The summed E-state index contributed by atoms with van der Waals surface area (Å²) in [6, 6.07) is 8.19. The van der Waals surface area contributed by atoms with Crippen LogP contribution < -0.4 is 10.6 Å². The van der Waals surface area contributed by atoms with Crippen LogP contribution in [0, 0.1) is 0 Å². The molecule has 0 unspecified atom stereocenters. The molecular formula is C15H25N3O. The van der Waals surface area contributed by atoms with Gasteiger partial charge in [0.15, 0.2) is 0 Å². The van der Waals surface area contributed by atoms with Gasteiger partial charge in [0.05, 0.1) is 0 Å². The van der Waals surface area contributed by atoms with Gasteiger partial charge in [-0.05, 0) is 43.7 Å². The standard InChI is InChI=1S/C15H25N3O/c1-19-13-3-2-8-17-9-11-18(12-10-17)15-6-4-14(16)5-7-15/h4-7H,2-3,8-13,16H2,1H3. The van der Waals surface area contributed by atoms with Crippen molar-refractivity contribution in [2.45, 2.75) is 12.8 Å². The van der Waals surface area contributed by atoms with Crippen LogP contribution in [0.5, 0.6) is 0 Å². The first kappa shape index (κ1) is 14.2. The van der Waals surface area contributed by atoms with Crippen LogP contribution in [0.25, 0.3) is 0 Å². The van der Waals surface area contributed by atoms with Crippen molar-refractivity contribution < 1.29 is 4.74 Å². The largest absolute Gasteiger partial charge is 0.399 e. The number of anilines is 2. The van der Waals surface area contributed by atoms with Crippen molar-refractivity contribution in [3.8, 4) is 0 Å². The van der Waals surface area contributed by atoms with Crippen molar-refractivity contribution in [3.05, 3.63) is 24.3 Å². The first-order valence-corrected chi connectivity index (χ1v) is 7.11. The zero-order chi connectivity index (χ0) is 13.5. The Hall–Kier alpha value is -1.26. The van der Waals surface area contributed by atoms with E-state index in [1.807, 2.05) is 12.1 Å². The van der Waals surface area contributed by atoms with E-state index < -0.39 is 0 Å². The lowest BCUT2D eigenvalue weighted by atomic mass is 10.2. The average molecular weight is 263 g/mol. The summed E-state index contributed by atoms with van der Waals surface area (Å²) in [5.41, 5.74) is 7.84. The van der Waals surface area contributed by atoms with E-state index in [4.69, 9.17) is 10.5 Å². The molecular weight excluding hydrogens is 238 g/mol. The van der Waals surface area contributed by atoms with E-state index in [0.717, 1.165) is 44.9 Å². The van der Waals surface area contributed by atoms with Crippen LogP contribution in [0.15, 0.2) is 24.3 Å². The van der Waals surface area contributed by atoms with Gasteiger partial charge in [0, 0.05) is 51.3 Å². The molecule has 0 spiro atoms. The third kappa shape index (κ3) is 4.40. The minimum Gasteiger partial charge on any atom is -0.399 e. The minimum atomic E-state index is 0.834. The highest BCUT2D eigenvalue weighted by Crippen LogP contribution is 2.18. The van der Waals surface area contributed by atoms with Crippen LogP contribution in [0.4, 0.5) is 11.4 Å². The lowest BCUT2D eigenvalue weighted by molar-refractivity contribution is 0.182. The second kappa shape index (κ2) is 7.36. The topological polar surface area (TPSA) is 41.7 Å². The monoisotopic (exact) mass is 263 g/mol. The highest BCUT2D eigenvalue weighted by Gasteiger charge is 2.16. The van der Waals surface area contributed by atoms with Crippen molar-refractivity contribution >= 4 is 11.4 Å². The van der Waals surface area contributed by atoms with E-state index in [1.165, 1.54) is 18.7 Å². The molecule has 2 N–H and O–H groups in total. The third-order valence-corrected chi connectivity index (χ3v) is 3.70. The quantitative estimate of drug-likeness (QED) is 0.628. The van der Waals surface area contributed by atoms with E-state index >= 15 is 0 Å². The van der Waals surface area contributed by atoms with Gasteiger partial charge < -0.3 is 15.4 Å². The Labute approximate surface area is 116 Å². The fourth-order valence-corrected chi connectivity index (χ4v) is 2.50. The molecule has 0 radical (unpaired) electrons. The number of benzene rings is 1. The molecule has 1 heterocycles. The molecule has 106 valence electrons. The number of hydrogen-bond donors (Lipinski definition) is 1. The molecule has 0 bridgehead atoms. The molecule has 0 aliphatic carbocycles. The number of ether oxygens (including phenoxy) is 1. The Balaban J connectivity index is 1.71. The van der Waals surface area contributed by atoms with E-state index in [2.05, 4.69) is 21.9 Å². The van der Waals surface area contributed by atoms with Crippen LogP contribution in [-0.4, -0.2) is 51.3 Å². The van der Waals surface area contributed by atoms with Crippen LogP contribution in [0.2, 0.25) is 0 Å². The molecule has 4 heteroatoms. The van der Waals surface area contributed by atoms with E-state index in [9.17, 15) is 0 Å². The zero-order valence-corrected chi connectivity index (χ0v) is 11.8. The number of unbranched alkanes of at least 4 members (excludes halogenated alkanes) is 1. The predicted octanol–water partition coefficient (Wildman–Crippen LogP) is 1.82. The number of methoxy groups -OCH3 is 1. The molecule has 1 aromatic rings. The number of nitrogens with two attached hydrogens (primary N) is 1. The van der Waals surface area contributed by atoms with Gasteiger partial charge in [0.2, 0.25) is 0 Å². The SMILES string of the molecule is COCCCCN1CCN(c2ccc(N)cc2)CC1. The third-order valence-electron chi connectivity index (χ3n) is 3.70. The molecule has 1 saturated heterocycles. The Morgan fingerprint density at radius 2 is 1.74 bits per heavy atom. The summed E-state index contributed by atoms with van der Waals surface area (Å²) in [5.74, 6) is 0. The summed E-state index contributed by atoms with van der Waals surface area (Å²) >= 11 is 0. The lowest BCUT2D eigenvalue weighted by Gasteiger charge is -2.36. The molecule has 1 fully saturated rings. The fourth-order valence-electron chi connectivity index (χ4n) is 2.50. The van der Waals surface area contributed by atoms with Crippen LogP contribution in [0.1, 0.15) is 12.8 Å². The Morgan fingerprint density at radius 1 is 1.05 bits per heavy atom. The van der Waals surface area contributed by atoms with Crippen molar-refractivity contribution in [3.63, 3.8) is 0 Å². The molecule has 2 rings (SSSR count). The summed E-state index contributed by atoms with van der Waals surface area (Å²) in [7, 11) is 1.77. The van der Waals surface area contributed by atoms with Crippen molar-refractivity contribution in [1.82, 2.24) is 4.90 Å². The molecule has 1 aliphatic heterocycles. The van der Waals surface area contributed by atoms with Gasteiger partial charge in [-0.3, -0.25) is 4.90 Å². The fraction of sp³-hybridized carbons (Fsp3) is 0.600. The van der Waals surface area contributed by atoms with Crippen LogP contribution in [-0.2, 0) is 4.74 Å². The number of nitrogens with zero attached hydrogens (tertiary/aromatic N) is 2. The maximum absolute atomic E-state index is 5.72. The van der Waals surface area contributed by atoms with Crippen molar-refractivity contribution in [2.75, 3.05) is 57.1 Å². The van der Waals surface area contributed by atoms with Crippen LogP contribution >= 0.6 is 0 Å². The predicted molar refractivity (Wildman–Crippen MR) is 80.6 cm³/mol. The summed E-state index contributed by atoms with van der Waals surface area (Å²) < 4.78 is 5.08. The summed E-state index contributed by atoms with van der Waals surface area (Å²) in [5, 5.41) is 0. The molecule has 1 aliphatic rings. The summed E-state index contributed by atoms with van der Waals surface area (Å²) in [6.07, 6.45) is 2.39. The molecule has 19 heavy (non-hydrogen) atoms. The normalized spacial score (nSPS) is 16.8. The van der Waals surface area contributed by atoms with Gasteiger partial charge in [0.25, 0.3) is 0 Å². The summed E-state index contributed by atoms with van der Waals surface area (Å²) in [4.78, 5) is 4.98. The van der Waals surface area contributed by atoms with E-state index in [-0.39, 0.29) is 0 Å². The molecule has 4 nitrogen and oxygen atoms in total. The second-order valence-electron chi connectivity index (χ2n) is 5.12. The Bertz CT molecular complexity index is 358. The van der Waals surface area contributed by atoms with Gasteiger partial charge >= 0.3 is 0 Å². The number of rotatable bonds is 6. The smallest absolute Gasteiger partial charge is 0.0462 e. The number of nitrogen functional groups attached to an aromatic ring is 1. The highest BCUT2D eigenvalue weighted by molar-refractivity contribution is 5.53. The minimum absolute atomic E-state index is 0.834. The van der Waals surface area contributed by atoms with E-state index in [0.29, 0.717) is 0 Å². The van der Waals surface area contributed by atoms with Gasteiger partial charge in [-0.25, -0.2) is 0 Å². The van der Waals surface area contributed by atoms with Crippen molar-refractivity contribution in [1.29, 1.82) is 0 Å². The number of piperazine rings is 1. The summed E-state index contributed by atoms with van der Waals surface area (Å²) in [6.45, 7) is 6.58. The second-order valence-corrected chi connectivity index (χ2v) is 5.12. The molecule has 1 aromatic carbocycles. The molecule has 0 amide bonds. The number of hydrogen-bond acceptors (Lipinski definition) is 4. The first-order valence-electron chi connectivity index (χ1n) is 7.11. The van der Waals surface area contributed by atoms with E-state index in [1.54, 1.807) is 7.11 Å². The molecule has 0 aromatic heterocycles. The van der Waals surface area contributed by atoms with Crippen LogP contribution in [0.3, 0.4) is 0 Å². The maximum atomic E-state index is 5.72. The first-order chi connectivity index (χ1) is 9.29. The Kier molecular flexibility index (Phi) is 5.48. The van der Waals surface area contributed by atoms with Gasteiger partial charge in [-0.2, -0.15) is 0 Å². The molecule has 0 saturated carbocycles.